The summed E-state index contributed by atoms with van der Waals surface area (Å²) in [7, 11) is 1.67. The minimum absolute atomic E-state index is 0.281. The van der Waals surface area contributed by atoms with Crippen LogP contribution in [-0.2, 0) is 0 Å². The van der Waals surface area contributed by atoms with E-state index in [9.17, 15) is 0 Å². The van der Waals surface area contributed by atoms with Crippen molar-refractivity contribution in [3.63, 3.8) is 0 Å². The molecule has 1 nitrogen and oxygen atoms in total. The number of hydrogen-bond acceptors (Lipinski definition) is 3. The van der Waals surface area contributed by atoms with Crippen LogP contribution in [0.15, 0.2) is 24.3 Å². The van der Waals surface area contributed by atoms with E-state index in [1.54, 1.807) is 7.11 Å². The summed E-state index contributed by atoms with van der Waals surface area (Å²) in [5.74, 6) is 1.75. The first kappa shape index (κ1) is 10.8. The van der Waals surface area contributed by atoms with E-state index in [-0.39, 0.29) is 5.25 Å². The highest BCUT2D eigenvalue weighted by molar-refractivity contribution is 7.81. The number of thiol groups is 2. The van der Waals surface area contributed by atoms with E-state index < -0.39 is 0 Å². The molecule has 13 heavy (non-hydrogen) atoms. The zero-order valence-electron chi connectivity index (χ0n) is 7.60. The Morgan fingerprint density at radius 1 is 1.31 bits per heavy atom. The van der Waals surface area contributed by atoms with Gasteiger partial charge in [0.1, 0.15) is 5.75 Å². The van der Waals surface area contributed by atoms with Crippen LogP contribution in [-0.4, -0.2) is 12.9 Å². The molecule has 3 heteroatoms. The molecule has 0 aliphatic heterocycles. The average molecular weight is 214 g/mol. The van der Waals surface area contributed by atoms with E-state index in [0.29, 0.717) is 0 Å². The first-order chi connectivity index (χ1) is 6.27. The second-order valence-electron chi connectivity index (χ2n) is 2.80. The second kappa shape index (κ2) is 5.45. The van der Waals surface area contributed by atoms with Crippen molar-refractivity contribution in [1.82, 2.24) is 0 Å². The maximum atomic E-state index is 5.07. The molecule has 0 saturated carbocycles. The molecule has 0 aliphatic rings. The average Bonchev–Trinajstić information content (AvgIpc) is 2.18. The van der Waals surface area contributed by atoms with Crippen LogP contribution in [0.3, 0.4) is 0 Å². The summed E-state index contributed by atoms with van der Waals surface area (Å²) in [6.07, 6.45) is 0.985. The fourth-order valence-corrected chi connectivity index (χ4v) is 1.88. The van der Waals surface area contributed by atoms with Gasteiger partial charge in [0.25, 0.3) is 0 Å². The van der Waals surface area contributed by atoms with Crippen molar-refractivity contribution in [2.75, 3.05) is 12.9 Å². The minimum Gasteiger partial charge on any atom is -0.497 e. The van der Waals surface area contributed by atoms with Gasteiger partial charge in [0.2, 0.25) is 0 Å². The van der Waals surface area contributed by atoms with Crippen molar-refractivity contribution in [3.8, 4) is 5.75 Å². The molecule has 0 amide bonds. The normalized spacial score (nSPS) is 12.5. The van der Waals surface area contributed by atoms with Crippen molar-refractivity contribution in [2.45, 2.75) is 11.7 Å². The Bertz CT molecular complexity index is 246. The van der Waals surface area contributed by atoms with Crippen molar-refractivity contribution in [2.24, 2.45) is 0 Å². The Morgan fingerprint density at radius 2 is 1.92 bits per heavy atom. The SMILES string of the molecule is COc1ccc(C(S)CCS)cc1. The molecule has 0 bridgehead atoms. The molecule has 1 aromatic rings. The molecule has 0 radical (unpaired) electrons. The van der Waals surface area contributed by atoms with Gasteiger partial charge in [-0.15, -0.1) is 0 Å². The Morgan fingerprint density at radius 3 is 2.38 bits per heavy atom. The number of hydrogen-bond donors (Lipinski definition) is 2. The predicted molar refractivity (Wildman–Crippen MR) is 63.2 cm³/mol. The molecular weight excluding hydrogens is 200 g/mol. The van der Waals surface area contributed by atoms with Crippen LogP contribution < -0.4 is 4.74 Å². The summed E-state index contributed by atoms with van der Waals surface area (Å²) in [6, 6.07) is 7.99. The van der Waals surface area contributed by atoms with Crippen molar-refractivity contribution in [1.29, 1.82) is 0 Å². The van der Waals surface area contributed by atoms with Crippen molar-refractivity contribution < 1.29 is 4.74 Å². The monoisotopic (exact) mass is 214 g/mol. The Labute approximate surface area is 90.3 Å². The van der Waals surface area contributed by atoms with Crippen LogP contribution >= 0.6 is 25.3 Å². The summed E-state index contributed by atoms with van der Waals surface area (Å²) in [6.45, 7) is 0. The van der Waals surface area contributed by atoms with E-state index in [0.717, 1.165) is 17.9 Å². The van der Waals surface area contributed by atoms with Gasteiger partial charge in [-0.1, -0.05) is 12.1 Å². The third-order valence-corrected chi connectivity index (χ3v) is 2.72. The van der Waals surface area contributed by atoms with Crippen LogP contribution in [0.1, 0.15) is 17.2 Å². The van der Waals surface area contributed by atoms with Gasteiger partial charge >= 0.3 is 0 Å². The van der Waals surface area contributed by atoms with E-state index in [2.05, 4.69) is 25.3 Å². The summed E-state index contributed by atoms with van der Waals surface area (Å²) in [4.78, 5) is 0. The highest BCUT2D eigenvalue weighted by Crippen LogP contribution is 2.25. The van der Waals surface area contributed by atoms with Crippen LogP contribution in [0.2, 0.25) is 0 Å². The maximum absolute atomic E-state index is 5.07. The van der Waals surface area contributed by atoms with Gasteiger partial charge in [-0.25, -0.2) is 0 Å². The van der Waals surface area contributed by atoms with E-state index in [1.807, 2.05) is 24.3 Å². The highest BCUT2D eigenvalue weighted by Gasteiger charge is 2.04. The van der Waals surface area contributed by atoms with Crippen LogP contribution in [0, 0.1) is 0 Å². The smallest absolute Gasteiger partial charge is 0.118 e. The fraction of sp³-hybridized carbons (Fsp3) is 0.400. The second-order valence-corrected chi connectivity index (χ2v) is 3.87. The summed E-state index contributed by atoms with van der Waals surface area (Å²) < 4.78 is 5.07. The quantitative estimate of drug-likeness (QED) is 0.733. The van der Waals surface area contributed by atoms with Crippen molar-refractivity contribution in [3.05, 3.63) is 29.8 Å². The van der Waals surface area contributed by atoms with Crippen molar-refractivity contribution >= 4 is 25.3 Å². The molecule has 0 heterocycles. The van der Waals surface area contributed by atoms with Gasteiger partial charge in [-0.05, 0) is 29.9 Å². The maximum Gasteiger partial charge on any atom is 0.118 e. The number of methoxy groups -OCH3 is 1. The molecule has 0 aliphatic carbocycles. The van der Waals surface area contributed by atoms with Gasteiger partial charge in [0.05, 0.1) is 7.11 Å². The lowest BCUT2D eigenvalue weighted by molar-refractivity contribution is 0.414. The molecule has 1 atom stereocenters. The first-order valence-electron chi connectivity index (χ1n) is 4.21. The molecule has 1 rings (SSSR count). The third-order valence-electron chi connectivity index (χ3n) is 1.90. The zero-order valence-corrected chi connectivity index (χ0v) is 9.39. The molecule has 0 aromatic heterocycles. The highest BCUT2D eigenvalue weighted by atomic mass is 32.1. The fourth-order valence-electron chi connectivity index (χ4n) is 1.12. The third kappa shape index (κ3) is 3.16. The van der Waals surface area contributed by atoms with Crippen LogP contribution in [0.5, 0.6) is 5.75 Å². The first-order valence-corrected chi connectivity index (χ1v) is 5.35. The topological polar surface area (TPSA) is 9.23 Å². The molecule has 1 aromatic carbocycles. The largest absolute Gasteiger partial charge is 0.497 e. The Kier molecular flexibility index (Phi) is 4.53. The van der Waals surface area contributed by atoms with Gasteiger partial charge in [0, 0.05) is 5.25 Å². The summed E-state index contributed by atoms with van der Waals surface area (Å²) >= 11 is 8.65. The van der Waals surface area contributed by atoms with E-state index >= 15 is 0 Å². The van der Waals surface area contributed by atoms with Crippen LogP contribution in [0.4, 0.5) is 0 Å². The number of rotatable bonds is 4. The standard InChI is InChI=1S/C10H14OS2/c1-11-9-4-2-8(3-5-9)10(13)6-7-12/h2-5,10,12-13H,6-7H2,1H3. The lowest BCUT2D eigenvalue weighted by Crippen LogP contribution is -1.91. The van der Waals surface area contributed by atoms with E-state index in [1.165, 1.54) is 5.56 Å². The van der Waals surface area contributed by atoms with Crippen LogP contribution in [0.25, 0.3) is 0 Å². The molecular formula is C10H14OS2. The molecule has 0 saturated heterocycles. The van der Waals surface area contributed by atoms with Gasteiger partial charge in [0.15, 0.2) is 0 Å². The molecule has 72 valence electrons. The molecule has 0 N–H and O–H groups in total. The minimum atomic E-state index is 0.281. The Balaban J connectivity index is 2.67. The summed E-state index contributed by atoms with van der Waals surface area (Å²) in [5, 5.41) is 0.281. The lowest BCUT2D eigenvalue weighted by atomic mass is 10.1. The predicted octanol–water partition coefficient (Wildman–Crippen LogP) is 2.99. The number of benzene rings is 1. The molecule has 0 fully saturated rings. The Hall–Kier alpha value is -0.280. The molecule has 0 spiro atoms. The molecule has 1 unspecified atom stereocenters. The van der Waals surface area contributed by atoms with Gasteiger partial charge in [-0.2, -0.15) is 25.3 Å². The van der Waals surface area contributed by atoms with Gasteiger partial charge in [-0.3, -0.25) is 0 Å². The lowest BCUT2D eigenvalue weighted by Gasteiger charge is -2.09. The zero-order chi connectivity index (χ0) is 9.68. The number of ether oxygens (including phenoxy) is 1. The van der Waals surface area contributed by atoms with Gasteiger partial charge < -0.3 is 4.74 Å². The summed E-state index contributed by atoms with van der Waals surface area (Å²) in [5.41, 5.74) is 1.22. The van der Waals surface area contributed by atoms with E-state index in [4.69, 9.17) is 4.74 Å².